The Hall–Kier alpha value is -7.43. The van der Waals surface area contributed by atoms with Crippen LogP contribution in [0.3, 0.4) is 0 Å². The Morgan fingerprint density at radius 1 is 0.714 bits per heavy atom. The fourth-order valence-electron chi connectivity index (χ4n) is 6.99. The second-order valence-corrected chi connectivity index (χ2v) is 12.6. The monoisotopic (exact) mass is 784 g/mol. The number of aliphatic hydroxyl groups excluding tert-OH is 5. The average molecular weight is 785 g/mol. The van der Waals surface area contributed by atoms with Gasteiger partial charge in [-0.1, -0.05) is 0 Å². The van der Waals surface area contributed by atoms with Crippen LogP contribution >= 0.6 is 0 Å². The minimum absolute atomic E-state index is 0.255. The van der Waals surface area contributed by atoms with Gasteiger partial charge in [-0.15, -0.1) is 0 Å². The number of hydrogen-bond acceptors (Lipinski definition) is 22. The van der Waals surface area contributed by atoms with Crippen LogP contribution in [0.1, 0.15) is 32.2 Å². The fourth-order valence-corrected chi connectivity index (χ4v) is 6.99. The molecule has 0 saturated carbocycles. The smallest absolute Gasteiger partial charge is 0.344 e. The zero-order chi connectivity index (χ0) is 41.0. The zero-order valence-electron chi connectivity index (χ0n) is 27.4. The van der Waals surface area contributed by atoms with Crippen molar-refractivity contribution in [1.82, 2.24) is 0 Å². The number of ether oxygens (including phenoxy) is 4. The number of aromatic hydroxyl groups is 8. The summed E-state index contributed by atoms with van der Waals surface area (Å²) in [5.74, 6) is -27.2. The highest BCUT2D eigenvalue weighted by molar-refractivity contribution is 6.29. The molecule has 7 rings (SSSR count). The molecular formula is C34H24O22. The molecule has 292 valence electrons. The number of aliphatic hydroxyl groups is 5. The van der Waals surface area contributed by atoms with Crippen LogP contribution in [0.4, 0.5) is 0 Å². The number of esters is 3. The van der Waals surface area contributed by atoms with E-state index in [1.165, 1.54) is 0 Å². The maximum atomic E-state index is 14.0. The van der Waals surface area contributed by atoms with Crippen LogP contribution < -0.4 is 15.2 Å². The van der Waals surface area contributed by atoms with E-state index in [0.717, 1.165) is 0 Å². The first-order chi connectivity index (χ1) is 26.3. The van der Waals surface area contributed by atoms with Crippen molar-refractivity contribution in [2.24, 2.45) is 5.92 Å². The molecular weight excluding hydrogens is 760 g/mol. The third-order valence-corrected chi connectivity index (χ3v) is 9.55. The first-order valence-electron chi connectivity index (χ1n) is 15.7. The number of fused-ring (bicyclic) bond motifs is 3. The number of rotatable bonds is 3. The number of carbonyl (C=O) groups is 5. The van der Waals surface area contributed by atoms with Gasteiger partial charge in [0.05, 0.1) is 22.3 Å². The minimum Gasteiger partial charge on any atom is -0.504 e. The second-order valence-electron chi connectivity index (χ2n) is 12.6. The Balaban J connectivity index is 1.71. The van der Waals surface area contributed by atoms with E-state index >= 15 is 0 Å². The lowest BCUT2D eigenvalue weighted by molar-refractivity contribution is -0.140. The number of benzene rings is 3. The van der Waals surface area contributed by atoms with Crippen molar-refractivity contribution in [3.63, 3.8) is 0 Å². The van der Waals surface area contributed by atoms with Crippen molar-refractivity contribution in [2.75, 3.05) is 6.61 Å². The summed E-state index contributed by atoms with van der Waals surface area (Å²) >= 11 is 0. The highest BCUT2D eigenvalue weighted by Crippen LogP contribution is 2.62. The molecule has 0 saturated heterocycles. The summed E-state index contributed by atoms with van der Waals surface area (Å²) in [5.41, 5.74) is -6.08. The largest absolute Gasteiger partial charge is 0.504 e. The molecule has 1 aliphatic carbocycles. The van der Waals surface area contributed by atoms with Crippen LogP contribution in [0, 0.1) is 5.92 Å². The quantitative estimate of drug-likeness (QED) is 0.0562. The van der Waals surface area contributed by atoms with Crippen molar-refractivity contribution in [3.05, 3.63) is 50.8 Å². The molecule has 0 radical (unpaired) electrons. The van der Waals surface area contributed by atoms with E-state index in [1.807, 2.05) is 0 Å². The number of allylic oxidation sites excluding steroid dienone is 2. The van der Waals surface area contributed by atoms with Gasteiger partial charge in [0.15, 0.2) is 52.6 Å². The predicted molar refractivity (Wildman–Crippen MR) is 172 cm³/mol. The highest BCUT2D eigenvalue weighted by Gasteiger charge is 2.57. The van der Waals surface area contributed by atoms with Gasteiger partial charge in [-0.05, 0) is 12.1 Å². The Labute approximate surface area is 307 Å². The number of cyclic esters (lactones) is 1. The van der Waals surface area contributed by atoms with Crippen LogP contribution in [0.25, 0.3) is 22.6 Å². The van der Waals surface area contributed by atoms with E-state index in [2.05, 4.69) is 0 Å². The van der Waals surface area contributed by atoms with Gasteiger partial charge in [0, 0.05) is 27.5 Å². The van der Waals surface area contributed by atoms with Gasteiger partial charge in [0.1, 0.15) is 30.8 Å². The zero-order valence-corrected chi connectivity index (χ0v) is 27.4. The Morgan fingerprint density at radius 2 is 1.34 bits per heavy atom. The molecule has 22 heteroatoms. The van der Waals surface area contributed by atoms with E-state index in [4.69, 9.17) is 18.9 Å². The van der Waals surface area contributed by atoms with E-state index in [0.29, 0.717) is 12.1 Å². The normalized spacial score (nSPS) is 23.6. The standard InChI is InChI=1S/C34H24O22/c35-3-9(38)21(42)28-10(39)4-53-31(49)5-1-7(36)19(40)22(43)11(5)13-17-15-16-18(34(52)56-29(15)26(47)24(13)45)14(25(46)27(48)30(16)55-33(17)51)12-6(32(50)54-28)2-8(37)20(41)23(12)44/h1-3,9-10,16,18,21,28,36-45,47-48,50H,4H2/b14-12+,32-6?. The van der Waals surface area contributed by atoms with Crippen molar-refractivity contribution < 1.29 is 109 Å². The maximum absolute atomic E-state index is 14.0. The molecule has 0 spiro atoms. The van der Waals surface area contributed by atoms with Gasteiger partial charge in [-0.3, -0.25) is 9.59 Å². The lowest BCUT2D eigenvalue weighted by Gasteiger charge is -2.40. The molecule has 6 atom stereocenters. The molecule has 3 aromatic carbocycles. The van der Waals surface area contributed by atoms with Gasteiger partial charge in [0.25, 0.3) is 5.95 Å². The average Bonchev–Trinajstić information content (AvgIpc) is 3.16. The van der Waals surface area contributed by atoms with Gasteiger partial charge >= 0.3 is 17.9 Å². The number of Topliss-reactive ketones (excluding diaryl/α,β-unsaturated/α-hetero) is 1. The van der Waals surface area contributed by atoms with Gasteiger partial charge < -0.3 is 90.1 Å². The van der Waals surface area contributed by atoms with Crippen LogP contribution in [0.15, 0.2) is 23.7 Å². The third-order valence-electron chi connectivity index (χ3n) is 9.55. The lowest BCUT2D eigenvalue weighted by Crippen LogP contribution is -2.49. The molecule has 3 heterocycles. The fraction of sp³-hybridized carbons (Fsp3) is 0.206. The van der Waals surface area contributed by atoms with Crippen molar-refractivity contribution in [2.45, 2.75) is 30.3 Å². The molecule has 0 aromatic heterocycles. The molecule has 56 heavy (non-hydrogen) atoms. The number of ketones is 1. The Kier molecular flexibility index (Phi) is 8.29. The molecule has 0 fully saturated rings. The summed E-state index contributed by atoms with van der Waals surface area (Å²) in [7, 11) is 0. The first kappa shape index (κ1) is 36.9. The van der Waals surface area contributed by atoms with Gasteiger partial charge in [0.2, 0.25) is 28.8 Å². The van der Waals surface area contributed by atoms with Crippen LogP contribution in [0.2, 0.25) is 0 Å². The molecule has 6 unspecified atom stereocenters. The number of phenols is 8. The number of aldehydes is 1. The number of carbonyl (C=O) groups excluding carboxylic acids is 5. The summed E-state index contributed by atoms with van der Waals surface area (Å²) in [4.78, 5) is 66.7. The number of phenolic OH excluding ortho intramolecular Hbond substituents is 8. The first-order valence-corrected chi connectivity index (χ1v) is 15.7. The highest BCUT2D eigenvalue weighted by atomic mass is 16.6. The molecule has 0 amide bonds. The van der Waals surface area contributed by atoms with E-state index in [9.17, 15) is 90.4 Å². The summed E-state index contributed by atoms with van der Waals surface area (Å²) in [6, 6.07) is 0.831. The van der Waals surface area contributed by atoms with Gasteiger partial charge in [-0.2, -0.15) is 0 Å². The SMILES string of the molecule is O=CC(O)C(O)C1OC(O)=c2cc(O)c(O)c(O)/c2=C2/C(=O)C(O)=C3OC(=O)c4c(c(O)c(O)c5c4C3C2C(=O)O5)-c2c(cc(O)c(O)c2O)C(=O)OCC1O. The van der Waals surface area contributed by atoms with Gasteiger partial charge in [-0.25, -0.2) is 9.59 Å². The van der Waals surface area contributed by atoms with E-state index in [-0.39, 0.29) is 6.29 Å². The van der Waals surface area contributed by atoms with Crippen molar-refractivity contribution >= 4 is 41.5 Å². The number of hydrogen-bond donors (Lipinski definition) is 13. The molecule has 13 N–H and O–H groups in total. The summed E-state index contributed by atoms with van der Waals surface area (Å²) < 4.78 is 20.8. The van der Waals surface area contributed by atoms with E-state index < -0.39 is 180 Å². The molecule has 4 aliphatic rings. The molecule has 3 aliphatic heterocycles. The Bertz CT molecular complexity index is 2530. The summed E-state index contributed by atoms with van der Waals surface area (Å²) in [5, 5.41) is 139. The van der Waals surface area contributed by atoms with E-state index in [1.54, 1.807) is 0 Å². The maximum Gasteiger partial charge on any atom is 0.344 e. The second kappa shape index (κ2) is 12.6. The third kappa shape index (κ3) is 4.96. The predicted octanol–water partition coefficient (Wildman–Crippen LogP) is -2.55. The molecule has 22 nitrogen and oxygen atoms in total. The Morgan fingerprint density at radius 3 is 2.00 bits per heavy atom. The van der Waals surface area contributed by atoms with Crippen LogP contribution in [-0.2, 0) is 28.6 Å². The molecule has 6 bridgehead atoms. The molecule has 3 aromatic rings. The minimum atomic E-state index is -2.54. The van der Waals surface area contributed by atoms with Crippen LogP contribution in [0.5, 0.6) is 51.7 Å². The summed E-state index contributed by atoms with van der Waals surface area (Å²) in [6.45, 7) is -1.36. The van der Waals surface area contributed by atoms with Crippen molar-refractivity contribution in [1.29, 1.82) is 0 Å². The summed E-state index contributed by atoms with van der Waals surface area (Å²) in [6.07, 6.45) is -10.1. The van der Waals surface area contributed by atoms with Crippen molar-refractivity contribution in [3.8, 4) is 62.9 Å². The topological polar surface area (TPSA) is 385 Å². The lowest BCUT2D eigenvalue weighted by atomic mass is 9.68. The van der Waals surface area contributed by atoms with Crippen LogP contribution in [-0.4, -0.2) is 127 Å².